The molecule has 26 heavy (non-hydrogen) atoms. The Morgan fingerprint density at radius 3 is 2.23 bits per heavy atom. The minimum absolute atomic E-state index is 0.278. The summed E-state index contributed by atoms with van der Waals surface area (Å²) in [5.41, 5.74) is 2.89. The molecule has 2 aromatic carbocycles. The molecule has 0 aliphatic heterocycles. The maximum atomic E-state index is 12.2. The second-order valence-electron chi connectivity index (χ2n) is 5.89. The highest BCUT2D eigenvalue weighted by Gasteiger charge is 2.30. The van der Waals surface area contributed by atoms with Crippen LogP contribution < -0.4 is 15.4 Å². The molecule has 140 valence electrons. The van der Waals surface area contributed by atoms with Gasteiger partial charge in [0.1, 0.15) is 5.75 Å². The van der Waals surface area contributed by atoms with Crippen molar-refractivity contribution < 1.29 is 17.9 Å². The lowest BCUT2D eigenvalue weighted by molar-refractivity contribution is -0.274. The number of benzene rings is 2. The van der Waals surface area contributed by atoms with Gasteiger partial charge in [-0.05, 0) is 61.7 Å². The first-order valence-corrected chi connectivity index (χ1v) is 8.26. The Kier molecular flexibility index (Phi) is 6.82. The largest absolute Gasteiger partial charge is 0.573 e. The first-order chi connectivity index (χ1) is 12.2. The minimum atomic E-state index is -4.70. The van der Waals surface area contributed by atoms with Crippen LogP contribution in [-0.4, -0.2) is 30.5 Å². The van der Waals surface area contributed by atoms with Gasteiger partial charge in [-0.3, -0.25) is 0 Å². The topological polar surface area (TPSA) is 36.5 Å². The van der Waals surface area contributed by atoms with Gasteiger partial charge >= 0.3 is 6.36 Å². The number of halogens is 3. The van der Waals surface area contributed by atoms with Crippen molar-refractivity contribution in [1.82, 2.24) is 10.2 Å². The molecule has 0 amide bonds. The van der Waals surface area contributed by atoms with Crippen LogP contribution in [-0.2, 0) is 13.1 Å². The zero-order valence-electron chi connectivity index (χ0n) is 14.4. The summed E-state index contributed by atoms with van der Waals surface area (Å²) in [5.74, 6) is -0.278. The number of nitrogens with one attached hydrogen (secondary N) is 2. The van der Waals surface area contributed by atoms with E-state index in [1.54, 1.807) is 0 Å². The maximum Gasteiger partial charge on any atom is 0.573 e. The van der Waals surface area contributed by atoms with Crippen molar-refractivity contribution >= 4 is 23.0 Å². The zero-order chi connectivity index (χ0) is 19.2. The molecule has 0 bridgehead atoms. The van der Waals surface area contributed by atoms with E-state index < -0.39 is 6.36 Å². The summed E-state index contributed by atoms with van der Waals surface area (Å²) in [6.45, 7) is 1.36. The molecule has 0 heterocycles. The summed E-state index contributed by atoms with van der Waals surface area (Å²) >= 11 is 5.24. The number of anilines is 1. The number of alkyl halides is 3. The Bertz CT molecular complexity index is 733. The smallest absolute Gasteiger partial charge is 0.406 e. The molecule has 0 radical (unpaired) electrons. The van der Waals surface area contributed by atoms with Crippen LogP contribution >= 0.6 is 12.2 Å². The molecule has 0 spiro atoms. The summed E-state index contributed by atoms with van der Waals surface area (Å²) in [6.07, 6.45) is -4.70. The fraction of sp³-hybridized carbons (Fsp3) is 0.278. The Hall–Kier alpha value is -2.32. The van der Waals surface area contributed by atoms with E-state index in [2.05, 4.69) is 26.3 Å². The average molecular weight is 383 g/mol. The molecule has 8 heteroatoms. The molecular formula is C18H20F3N3OS. The van der Waals surface area contributed by atoms with E-state index in [9.17, 15) is 13.2 Å². The molecule has 0 aliphatic carbocycles. The molecule has 0 saturated heterocycles. The van der Waals surface area contributed by atoms with E-state index in [-0.39, 0.29) is 5.75 Å². The van der Waals surface area contributed by atoms with Gasteiger partial charge in [0, 0.05) is 18.8 Å². The van der Waals surface area contributed by atoms with E-state index in [4.69, 9.17) is 12.2 Å². The standard InChI is InChI=1S/C18H20F3N3OS/c1-24(2)12-14-6-4-3-5-13(14)11-22-17(26)23-15-7-9-16(10-8-15)25-18(19,20)21/h3-10H,11-12H2,1-2H3,(H2,22,23,26). The fourth-order valence-electron chi connectivity index (χ4n) is 2.32. The molecule has 0 saturated carbocycles. The van der Waals surface area contributed by atoms with Gasteiger partial charge in [0.05, 0.1) is 0 Å². The van der Waals surface area contributed by atoms with Crippen LogP contribution in [0.2, 0.25) is 0 Å². The third-order valence-corrected chi connectivity index (χ3v) is 3.64. The van der Waals surface area contributed by atoms with Gasteiger partial charge in [0.15, 0.2) is 5.11 Å². The van der Waals surface area contributed by atoms with Gasteiger partial charge in [-0.15, -0.1) is 13.2 Å². The summed E-state index contributed by atoms with van der Waals surface area (Å²) in [7, 11) is 4.01. The highest BCUT2D eigenvalue weighted by atomic mass is 32.1. The molecule has 0 atom stereocenters. The van der Waals surface area contributed by atoms with Gasteiger partial charge in [-0.2, -0.15) is 0 Å². The van der Waals surface area contributed by atoms with Crippen molar-refractivity contribution in [3.8, 4) is 5.75 Å². The van der Waals surface area contributed by atoms with Crippen LogP contribution in [0.5, 0.6) is 5.75 Å². The Labute approximate surface area is 156 Å². The van der Waals surface area contributed by atoms with Crippen LogP contribution in [0.25, 0.3) is 0 Å². The Morgan fingerprint density at radius 1 is 1.04 bits per heavy atom. The predicted octanol–water partition coefficient (Wildman–Crippen LogP) is 4.13. The summed E-state index contributed by atoms with van der Waals surface area (Å²) in [5, 5.41) is 6.42. The second-order valence-corrected chi connectivity index (χ2v) is 6.29. The zero-order valence-corrected chi connectivity index (χ0v) is 15.2. The lowest BCUT2D eigenvalue weighted by Crippen LogP contribution is -2.28. The van der Waals surface area contributed by atoms with Gasteiger partial charge in [0.25, 0.3) is 0 Å². The average Bonchev–Trinajstić information content (AvgIpc) is 2.54. The van der Waals surface area contributed by atoms with Crippen LogP contribution in [0.1, 0.15) is 11.1 Å². The SMILES string of the molecule is CN(C)Cc1ccccc1CNC(=S)Nc1ccc(OC(F)(F)F)cc1. The van der Waals surface area contributed by atoms with Crippen molar-refractivity contribution in [2.75, 3.05) is 19.4 Å². The number of nitrogens with zero attached hydrogens (tertiary/aromatic N) is 1. The van der Waals surface area contributed by atoms with Crippen LogP contribution in [0.15, 0.2) is 48.5 Å². The van der Waals surface area contributed by atoms with Crippen molar-refractivity contribution in [3.63, 3.8) is 0 Å². The van der Waals surface area contributed by atoms with E-state index in [0.29, 0.717) is 17.3 Å². The summed E-state index contributed by atoms with van der Waals surface area (Å²) in [4.78, 5) is 2.08. The molecule has 2 N–H and O–H groups in total. The van der Waals surface area contributed by atoms with Gasteiger partial charge in [-0.25, -0.2) is 0 Å². The molecule has 0 aromatic heterocycles. The predicted molar refractivity (Wildman–Crippen MR) is 100 cm³/mol. The van der Waals surface area contributed by atoms with Crippen LogP contribution in [0, 0.1) is 0 Å². The Balaban J connectivity index is 1.89. The molecular weight excluding hydrogens is 363 g/mol. The highest BCUT2D eigenvalue weighted by molar-refractivity contribution is 7.80. The van der Waals surface area contributed by atoms with E-state index >= 15 is 0 Å². The summed E-state index contributed by atoms with van der Waals surface area (Å²) in [6, 6.07) is 13.4. The molecule has 2 aromatic rings. The maximum absolute atomic E-state index is 12.2. The van der Waals surface area contributed by atoms with Crippen molar-refractivity contribution in [2.24, 2.45) is 0 Å². The highest BCUT2D eigenvalue weighted by Crippen LogP contribution is 2.23. The van der Waals surface area contributed by atoms with Crippen molar-refractivity contribution in [2.45, 2.75) is 19.5 Å². The number of ether oxygens (including phenoxy) is 1. The lowest BCUT2D eigenvalue weighted by atomic mass is 10.1. The van der Waals surface area contributed by atoms with E-state index in [1.807, 2.05) is 32.3 Å². The Morgan fingerprint density at radius 2 is 1.65 bits per heavy atom. The lowest BCUT2D eigenvalue weighted by Gasteiger charge is -2.16. The monoisotopic (exact) mass is 383 g/mol. The van der Waals surface area contributed by atoms with E-state index in [1.165, 1.54) is 29.8 Å². The molecule has 0 fully saturated rings. The number of thiocarbonyl (C=S) groups is 1. The number of hydrogen-bond acceptors (Lipinski definition) is 3. The third-order valence-electron chi connectivity index (χ3n) is 3.39. The number of rotatable bonds is 6. The normalized spacial score (nSPS) is 11.3. The first-order valence-electron chi connectivity index (χ1n) is 7.85. The third kappa shape index (κ3) is 6.89. The van der Waals surface area contributed by atoms with Gasteiger partial charge in [-0.1, -0.05) is 24.3 Å². The molecule has 4 nitrogen and oxygen atoms in total. The van der Waals surface area contributed by atoms with Crippen LogP contribution in [0.4, 0.5) is 18.9 Å². The second kappa shape index (κ2) is 8.86. The molecule has 0 aliphatic rings. The molecule has 2 rings (SSSR count). The van der Waals surface area contributed by atoms with Crippen molar-refractivity contribution in [3.05, 3.63) is 59.7 Å². The number of hydrogen-bond donors (Lipinski definition) is 2. The first kappa shape index (κ1) is 20.0. The molecule has 0 unspecified atom stereocenters. The van der Waals surface area contributed by atoms with E-state index in [0.717, 1.165) is 12.1 Å². The van der Waals surface area contributed by atoms with Gasteiger partial charge < -0.3 is 20.3 Å². The quantitative estimate of drug-likeness (QED) is 0.734. The summed E-state index contributed by atoms with van der Waals surface area (Å²) < 4.78 is 40.3. The van der Waals surface area contributed by atoms with Crippen LogP contribution in [0.3, 0.4) is 0 Å². The van der Waals surface area contributed by atoms with Crippen molar-refractivity contribution in [1.29, 1.82) is 0 Å². The van der Waals surface area contributed by atoms with Gasteiger partial charge in [0.2, 0.25) is 0 Å². The fourth-order valence-corrected chi connectivity index (χ4v) is 2.51. The minimum Gasteiger partial charge on any atom is -0.406 e.